The van der Waals surface area contributed by atoms with Crippen LogP contribution in [0.1, 0.15) is 12.8 Å². The van der Waals surface area contributed by atoms with Crippen molar-refractivity contribution in [3.05, 3.63) is 29.3 Å². The first-order valence-corrected chi connectivity index (χ1v) is 9.79. The number of piperidine rings is 1. The monoisotopic (exact) mass is 373 g/mol. The van der Waals surface area contributed by atoms with E-state index in [4.69, 9.17) is 11.6 Å². The van der Waals surface area contributed by atoms with Gasteiger partial charge in [0, 0.05) is 19.6 Å². The zero-order chi connectivity index (χ0) is 17.7. The molecule has 1 saturated heterocycles. The quantitative estimate of drug-likeness (QED) is 0.771. The second-order valence-corrected chi connectivity index (χ2v) is 8.14. The van der Waals surface area contributed by atoms with E-state index in [0.717, 1.165) is 0 Å². The Morgan fingerprint density at radius 2 is 1.83 bits per heavy atom. The number of nitrogens with one attached hydrogen (secondary N) is 2. The first-order valence-electron chi connectivity index (χ1n) is 7.56. The first kappa shape index (κ1) is 18.7. The highest BCUT2D eigenvalue weighted by Crippen LogP contribution is 2.20. The predicted molar refractivity (Wildman–Crippen MR) is 92.2 cm³/mol. The van der Waals surface area contributed by atoms with Crippen LogP contribution in [0, 0.1) is 5.92 Å². The molecular formula is C15H20ClN3O4S. The average molecular weight is 374 g/mol. The summed E-state index contributed by atoms with van der Waals surface area (Å²) in [6.45, 7) is 1.21. The van der Waals surface area contributed by atoms with Crippen molar-refractivity contribution in [1.29, 1.82) is 0 Å². The van der Waals surface area contributed by atoms with Gasteiger partial charge in [-0.05, 0) is 30.9 Å². The summed E-state index contributed by atoms with van der Waals surface area (Å²) in [6, 6.07) is 6.65. The van der Waals surface area contributed by atoms with Gasteiger partial charge >= 0.3 is 11.8 Å². The van der Waals surface area contributed by atoms with Crippen molar-refractivity contribution >= 4 is 39.1 Å². The van der Waals surface area contributed by atoms with Gasteiger partial charge in [0.25, 0.3) is 0 Å². The van der Waals surface area contributed by atoms with Crippen molar-refractivity contribution in [3.63, 3.8) is 0 Å². The smallest absolute Gasteiger partial charge is 0.313 e. The van der Waals surface area contributed by atoms with E-state index < -0.39 is 21.8 Å². The van der Waals surface area contributed by atoms with Gasteiger partial charge < -0.3 is 10.6 Å². The maximum absolute atomic E-state index is 11.9. The molecule has 9 heteroatoms. The lowest BCUT2D eigenvalue weighted by atomic mass is 9.98. The number of carbonyl (C=O) groups is 2. The minimum atomic E-state index is -3.16. The van der Waals surface area contributed by atoms with E-state index >= 15 is 0 Å². The van der Waals surface area contributed by atoms with Crippen LogP contribution >= 0.6 is 11.6 Å². The Balaban J connectivity index is 1.77. The van der Waals surface area contributed by atoms with E-state index in [9.17, 15) is 18.0 Å². The largest absolute Gasteiger partial charge is 0.348 e. The van der Waals surface area contributed by atoms with Crippen LogP contribution < -0.4 is 10.6 Å². The number of hydrogen-bond donors (Lipinski definition) is 2. The third-order valence-electron chi connectivity index (χ3n) is 3.92. The first-order chi connectivity index (χ1) is 11.3. The van der Waals surface area contributed by atoms with E-state index in [1.165, 1.54) is 10.6 Å². The number of benzene rings is 1. The SMILES string of the molecule is CS(=O)(=O)N1CCC(CNC(=O)C(=O)Nc2ccccc2Cl)CC1. The fourth-order valence-corrected chi connectivity index (χ4v) is 3.56. The molecule has 1 heterocycles. The normalized spacial score (nSPS) is 16.6. The molecule has 7 nitrogen and oxygen atoms in total. The molecule has 2 N–H and O–H groups in total. The highest BCUT2D eigenvalue weighted by atomic mass is 35.5. The summed E-state index contributed by atoms with van der Waals surface area (Å²) in [6.07, 6.45) is 2.49. The number of anilines is 1. The molecule has 2 amide bonds. The number of amides is 2. The highest BCUT2D eigenvalue weighted by molar-refractivity contribution is 7.88. The molecule has 0 atom stereocenters. The zero-order valence-corrected chi connectivity index (χ0v) is 14.9. The molecule has 1 aromatic rings. The Labute approximate surface area is 146 Å². The van der Waals surface area contributed by atoms with Gasteiger partial charge in [-0.15, -0.1) is 0 Å². The van der Waals surface area contributed by atoms with Gasteiger partial charge in [0.15, 0.2) is 0 Å². The molecule has 1 aliphatic heterocycles. The minimum absolute atomic E-state index is 0.153. The number of sulfonamides is 1. The summed E-state index contributed by atoms with van der Waals surface area (Å²) in [5.74, 6) is -1.36. The van der Waals surface area contributed by atoms with Crippen LogP contribution in [0.2, 0.25) is 5.02 Å². The van der Waals surface area contributed by atoms with Gasteiger partial charge in [0.1, 0.15) is 0 Å². The van der Waals surface area contributed by atoms with E-state index in [2.05, 4.69) is 10.6 Å². The number of para-hydroxylation sites is 1. The number of halogens is 1. The second-order valence-electron chi connectivity index (χ2n) is 5.75. The third kappa shape index (κ3) is 5.19. The number of nitrogens with zero attached hydrogens (tertiary/aromatic N) is 1. The molecule has 0 radical (unpaired) electrons. The molecular weight excluding hydrogens is 354 g/mol. The average Bonchev–Trinajstić information content (AvgIpc) is 2.54. The topological polar surface area (TPSA) is 95.6 Å². The molecule has 0 saturated carbocycles. The number of hydrogen-bond acceptors (Lipinski definition) is 4. The van der Waals surface area contributed by atoms with Crippen LogP contribution in [0.25, 0.3) is 0 Å². The second kappa shape index (κ2) is 7.96. The summed E-state index contributed by atoms with van der Waals surface area (Å²) >= 11 is 5.92. The van der Waals surface area contributed by atoms with Crippen LogP contribution in [0.5, 0.6) is 0 Å². The van der Waals surface area contributed by atoms with Crippen LogP contribution in [0.4, 0.5) is 5.69 Å². The predicted octanol–water partition coefficient (Wildman–Crippen LogP) is 1.07. The summed E-state index contributed by atoms with van der Waals surface area (Å²) in [4.78, 5) is 23.7. The van der Waals surface area contributed by atoms with Crippen molar-refractivity contribution in [1.82, 2.24) is 9.62 Å². The van der Waals surface area contributed by atoms with E-state index in [1.807, 2.05) is 0 Å². The van der Waals surface area contributed by atoms with Crippen LogP contribution in [0.3, 0.4) is 0 Å². The van der Waals surface area contributed by atoms with Gasteiger partial charge in [0.2, 0.25) is 10.0 Å². The lowest BCUT2D eigenvalue weighted by Gasteiger charge is -2.30. The van der Waals surface area contributed by atoms with Gasteiger partial charge in [-0.3, -0.25) is 9.59 Å². The Bertz CT molecular complexity index is 715. The van der Waals surface area contributed by atoms with Crippen LogP contribution in [-0.2, 0) is 19.6 Å². The number of rotatable bonds is 4. The third-order valence-corrected chi connectivity index (χ3v) is 5.55. The van der Waals surface area contributed by atoms with Gasteiger partial charge in [-0.2, -0.15) is 0 Å². The molecule has 1 fully saturated rings. The van der Waals surface area contributed by atoms with E-state index in [0.29, 0.717) is 43.2 Å². The van der Waals surface area contributed by atoms with Crippen molar-refractivity contribution in [2.24, 2.45) is 5.92 Å². The molecule has 0 unspecified atom stereocenters. The molecule has 1 aliphatic rings. The molecule has 0 spiro atoms. The fourth-order valence-electron chi connectivity index (χ4n) is 2.50. The molecule has 1 aromatic carbocycles. The Hall–Kier alpha value is -1.64. The minimum Gasteiger partial charge on any atom is -0.348 e. The maximum atomic E-state index is 11.9. The van der Waals surface area contributed by atoms with Crippen molar-refractivity contribution < 1.29 is 18.0 Å². The van der Waals surface area contributed by atoms with Crippen molar-refractivity contribution in [2.75, 3.05) is 31.2 Å². The molecule has 132 valence electrons. The lowest BCUT2D eigenvalue weighted by molar-refractivity contribution is -0.136. The molecule has 0 aromatic heterocycles. The van der Waals surface area contributed by atoms with Crippen molar-refractivity contribution in [2.45, 2.75) is 12.8 Å². The van der Waals surface area contributed by atoms with Crippen molar-refractivity contribution in [3.8, 4) is 0 Å². The molecule has 0 aliphatic carbocycles. The van der Waals surface area contributed by atoms with E-state index in [1.54, 1.807) is 24.3 Å². The summed E-state index contributed by atoms with van der Waals surface area (Å²) in [5.41, 5.74) is 0.376. The Kier molecular flexibility index (Phi) is 6.20. The van der Waals surface area contributed by atoms with Gasteiger partial charge in [-0.1, -0.05) is 23.7 Å². The van der Waals surface area contributed by atoms with E-state index in [-0.39, 0.29) is 5.92 Å². The van der Waals surface area contributed by atoms with Gasteiger partial charge in [0.05, 0.1) is 17.0 Å². The summed E-state index contributed by atoms with van der Waals surface area (Å²) in [7, 11) is -3.16. The lowest BCUT2D eigenvalue weighted by Crippen LogP contribution is -2.43. The molecule has 2 rings (SSSR count). The molecule has 0 bridgehead atoms. The maximum Gasteiger partial charge on any atom is 0.313 e. The zero-order valence-electron chi connectivity index (χ0n) is 13.3. The fraction of sp³-hybridized carbons (Fsp3) is 0.467. The standard InChI is InChI=1S/C15H20ClN3O4S/c1-24(22,23)19-8-6-11(7-9-19)10-17-14(20)15(21)18-13-5-3-2-4-12(13)16/h2-5,11H,6-10H2,1H3,(H,17,20)(H,18,21). The summed E-state index contributed by atoms with van der Waals surface area (Å²) < 4.78 is 24.3. The van der Waals surface area contributed by atoms with Crippen LogP contribution in [0.15, 0.2) is 24.3 Å². The van der Waals surface area contributed by atoms with Gasteiger partial charge in [-0.25, -0.2) is 12.7 Å². The van der Waals surface area contributed by atoms with Crippen LogP contribution in [-0.4, -0.2) is 50.4 Å². The highest BCUT2D eigenvalue weighted by Gasteiger charge is 2.25. The Morgan fingerprint density at radius 3 is 2.42 bits per heavy atom. The Morgan fingerprint density at radius 1 is 1.21 bits per heavy atom. The number of carbonyl (C=O) groups excluding carboxylic acids is 2. The molecule has 24 heavy (non-hydrogen) atoms. The summed E-state index contributed by atoms with van der Waals surface area (Å²) in [5, 5.41) is 5.39.